The van der Waals surface area contributed by atoms with Gasteiger partial charge in [-0.2, -0.15) is 0 Å². The van der Waals surface area contributed by atoms with Crippen LogP contribution in [0.3, 0.4) is 0 Å². The molecule has 0 spiro atoms. The van der Waals surface area contributed by atoms with Gasteiger partial charge in [-0.1, -0.05) is 0 Å². The molecule has 0 aliphatic heterocycles. The zero-order valence-electron chi connectivity index (χ0n) is 23.1. The Morgan fingerprint density at radius 2 is 0.538 bits per heavy atom. The molecule has 236 valence electrons. The smallest absolute Gasteiger partial charge is 0.130 e. The van der Waals surface area contributed by atoms with Gasteiger partial charge < -0.3 is 67.8 Å². The molecule has 0 aliphatic carbocycles. The molecule has 0 bridgehead atoms. The molecule has 0 fully saturated rings. The molecule has 0 aromatic rings. The Morgan fingerprint density at radius 3 is 0.769 bits per heavy atom. The Balaban J connectivity index is 3.26. The Hall–Kier alpha value is -0.600. The maximum absolute atomic E-state index is 9.84. The van der Waals surface area contributed by atoms with Gasteiger partial charge in [-0.05, 0) is 0 Å². The van der Waals surface area contributed by atoms with Crippen LogP contribution in [0.1, 0.15) is 0 Å². The van der Waals surface area contributed by atoms with Crippen molar-refractivity contribution in [2.75, 3.05) is 145 Å². The number of hydrogen-bond donors (Lipinski definition) is 5. The fraction of sp³-hybridized carbons (Fsp3) is 1.00. The van der Waals surface area contributed by atoms with E-state index in [0.29, 0.717) is 106 Å². The van der Waals surface area contributed by atoms with E-state index in [1.807, 2.05) is 0 Å². The van der Waals surface area contributed by atoms with Gasteiger partial charge >= 0.3 is 0 Å². The number of ether oxygens (including phenoxy) is 10. The molecule has 2 unspecified atom stereocenters. The molecule has 0 rings (SSSR count). The largest absolute Gasteiger partial charge is 0.394 e. The summed E-state index contributed by atoms with van der Waals surface area (Å²) in [6, 6.07) is 0. The van der Waals surface area contributed by atoms with E-state index < -0.39 is 12.5 Å². The maximum Gasteiger partial charge on any atom is 0.130 e. The molecular weight excluding hydrogens is 526 g/mol. The summed E-state index contributed by atoms with van der Waals surface area (Å²) in [6.07, 6.45) is -2.10. The van der Waals surface area contributed by atoms with Crippen LogP contribution in [0.4, 0.5) is 0 Å². The molecule has 0 saturated heterocycles. The summed E-state index contributed by atoms with van der Waals surface area (Å²) < 4.78 is 52.7. The first-order valence-electron chi connectivity index (χ1n) is 13.3. The minimum absolute atomic E-state index is 0.00428. The third-order valence-electron chi connectivity index (χ3n) is 4.38. The van der Waals surface area contributed by atoms with Crippen molar-refractivity contribution in [3.8, 4) is 0 Å². The first-order valence-corrected chi connectivity index (χ1v) is 13.3. The van der Waals surface area contributed by atoms with Crippen molar-refractivity contribution in [2.24, 2.45) is 0 Å². The number of nitrogens with one attached hydrogen (secondary N) is 1. The quantitative estimate of drug-likeness (QED) is 0.0395. The Bertz CT molecular complexity index is 417. The zero-order chi connectivity index (χ0) is 28.5. The van der Waals surface area contributed by atoms with E-state index in [4.69, 9.17) is 57.6 Å². The molecule has 0 saturated carbocycles. The number of rotatable bonds is 34. The lowest BCUT2D eigenvalue weighted by Crippen LogP contribution is -2.43. The highest BCUT2D eigenvalue weighted by Crippen LogP contribution is 1.90. The second-order valence-corrected chi connectivity index (χ2v) is 7.69. The fourth-order valence-electron chi connectivity index (χ4n) is 2.60. The first-order chi connectivity index (χ1) is 19.2. The van der Waals surface area contributed by atoms with Crippen molar-refractivity contribution in [1.82, 2.24) is 5.32 Å². The average Bonchev–Trinajstić information content (AvgIpc) is 2.93. The molecule has 0 aromatic heterocycles. The van der Waals surface area contributed by atoms with E-state index in [1.54, 1.807) is 0 Å². The van der Waals surface area contributed by atoms with Gasteiger partial charge in [-0.3, -0.25) is 5.32 Å². The molecule has 0 radical (unpaired) electrons. The predicted octanol–water partition coefficient (Wildman–Crippen LogP) is -2.64. The third-order valence-corrected chi connectivity index (χ3v) is 4.38. The van der Waals surface area contributed by atoms with Gasteiger partial charge in [0.1, 0.15) is 12.5 Å². The molecule has 2 atom stereocenters. The van der Waals surface area contributed by atoms with Crippen LogP contribution in [-0.4, -0.2) is 178 Å². The lowest BCUT2D eigenvalue weighted by atomic mass is 10.5. The van der Waals surface area contributed by atoms with E-state index >= 15 is 0 Å². The van der Waals surface area contributed by atoms with Gasteiger partial charge in [0.05, 0.1) is 145 Å². The van der Waals surface area contributed by atoms with E-state index in [-0.39, 0.29) is 39.6 Å². The van der Waals surface area contributed by atoms with Crippen LogP contribution in [0.2, 0.25) is 0 Å². The maximum atomic E-state index is 9.84. The second-order valence-electron chi connectivity index (χ2n) is 7.69. The van der Waals surface area contributed by atoms with E-state index in [9.17, 15) is 10.2 Å². The molecule has 15 heteroatoms. The summed E-state index contributed by atoms with van der Waals surface area (Å²) >= 11 is 0. The Morgan fingerprint density at radius 1 is 0.333 bits per heavy atom. The van der Waals surface area contributed by atoms with E-state index in [1.165, 1.54) is 0 Å². The Kier molecular flexibility index (Phi) is 33.1. The van der Waals surface area contributed by atoms with Gasteiger partial charge in [0, 0.05) is 0 Å². The number of hydrogen-bond acceptors (Lipinski definition) is 15. The molecule has 0 heterocycles. The summed E-state index contributed by atoms with van der Waals surface area (Å²) in [5, 5.41) is 39.4. The van der Waals surface area contributed by atoms with Crippen LogP contribution in [-0.2, 0) is 47.4 Å². The van der Waals surface area contributed by atoms with Crippen molar-refractivity contribution in [1.29, 1.82) is 0 Å². The molecule has 0 aromatic carbocycles. The van der Waals surface area contributed by atoms with Crippen molar-refractivity contribution in [3.05, 3.63) is 0 Å². The molecule has 5 N–H and O–H groups in total. The van der Waals surface area contributed by atoms with Crippen molar-refractivity contribution in [3.63, 3.8) is 0 Å². The molecular formula is C24H51NO14. The van der Waals surface area contributed by atoms with Crippen molar-refractivity contribution in [2.45, 2.75) is 12.5 Å². The number of aliphatic hydroxyl groups excluding tert-OH is 4. The minimum atomic E-state index is -1.05. The lowest BCUT2D eigenvalue weighted by Gasteiger charge is -2.18. The number of aliphatic hydroxyl groups is 4. The van der Waals surface area contributed by atoms with Crippen LogP contribution in [0.15, 0.2) is 0 Å². The van der Waals surface area contributed by atoms with Crippen LogP contribution in [0, 0.1) is 0 Å². The third kappa shape index (κ3) is 33.5. The summed E-state index contributed by atoms with van der Waals surface area (Å²) in [4.78, 5) is 0. The summed E-state index contributed by atoms with van der Waals surface area (Å²) in [7, 11) is 0. The standard InChI is InChI=1S/C24H51NO14/c26-1-3-30-5-7-32-9-11-34-13-15-36-17-19-38-21-23(28)25-24(29)22-39-20-18-37-16-14-35-12-10-33-8-6-31-4-2-27/h23-29H,1-22H2. The minimum Gasteiger partial charge on any atom is -0.394 e. The van der Waals surface area contributed by atoms with Crippen LogP contribution < -0.4 is 5.32 Å². The van der Waals surface area contributed by atoms with Crippen LogP contribution in [0.5, 0.6) is 0 Å². The van der Waals surface area contributed by atoms with Gasteiger partial charge in [-0.25, -0.2) is 0 Å². The Labute approximate surface area is 231 Å². The molecule has 0 amide bonds. The van der Waals surface area contributed by atoms with Gasteiger partial charge in [0.25, 0.3) is 0 Å². The van der Waals surface area contributed by atoms with E-state index in [0.717, 1.165) is 0 Å². The summed E-state index contributed by atoms with van der Waals surface area (Å²) in [5.41, 5.74) is 0. The monoisotopic (exact) mass is 577 g/mol. The highest BCUT2D eigenvalue weighted by Gasteiger charge is 2.10. The van der Waals surface area contributed by atoms with E-state index in [2.05, 4.69) is 5.32 Å². The molecule has 0 aliphatic rings. The van der Waals surface area contributed by atoms with Crippen LogP contribution in [0.25, 0.3) is 0 Å². The first kappa shape index (κ1) is 38.4. The molecule has 39 heavy (non-hydrogen) atoms. The van der Waals surface area contributed by atoms with Crippen molar-refractivity contribution >= 4 is 0 Å². The normalized spacial score (nSPS) is 13.2. The van der Waals surface area contributed by atoms with Gasteiger partial charge in [0.2, 0.25) is 0 Å². The van der Waals surface area contributed by atoms with Gasteiger partial charge in [0.15, 0.2) is 0 Å². The SMILES string of the molecule is OCCOCCOCCOCCOCCOCC(O)NC(O)COCCOCCOCCOCCOCCO. The summed E-state index contributed by atoms with van der Waals surface area (Å²) in [6.45, 7) is 7.18. The van der Waals surface area contributed by atoms with Crippen LogP contribution >= 0.6 is 0 Å². The zero-order valence-corrected chi connectivity index (χ0v) is 23.1. The van der Waals surface area contributed by atoms with Gasteiger partial charge in [-0.15, -0.1) is 0 Å². The molecule has 15 nitrogen and oxygen atoms in total. The highest BCUT2D eigenvalue weighted by atomic mass is 16.6. The second kappa shape index (κ2) is 33.6. The van der Waals surface area contributed by atoms with Crippen molar-refractivity contribution < 1.29 is 67.8 Å². The topological polar surface area (TPSA) is 185 Å². The average molecular weight is 578 g/mol. The summed E-state index contributed by atoms with van der Waals surface area (Å²) in [5.74, 6) is 0. The fourth-order valence-corrected chi connectivity index (χ4v) is 2.60. The predicted molar refractivity (Wildman–Crippen MR) is 138 cm³/mol. The lowest BCUT2D eigenvalue weighted by molar-refractivity contribution is -0.0616. The highest BCUT2D eigenvalue weighted by molar-refractivity contribution is 4.56.